The van der Waals surface area contributed by atoms with E-state index < -0.39 is 0 Å². The van der Waals surface area contributed by atoms with Crippen LogP contribution in [0.15, 0.2) is 36.4 Å². The van der Waals surface area contributed by atoms with E-state index in [1.807, 2.05) is 30.7 Å². The second kappa shape index (κ2) is 7.58. The molecule has 1 aromatic carbocycles. The van der Waals surface area contributed by atoms with E-state index >= 15 is 0 Å². The Hall–Kier alpha value is -2.96. The van der Waals surface area contributed by atoms with Crippen molar-refractivity contribution in [3.05, 3.63) is 59.3 Å². The minimum atomic E-state index is -0.317. The Bertz CT molecular complexity index is 979. The molecule has 0 aliphatic rings. The van der Waals surface area contributed by atoms with Gasteiger partial charge in [0.15, 0.2) is 0 Å². The van der Waals surface area contributed by atoms with Crippen molar-refractivity contribution in [3.8, 4) is 5.69 Å². The number of carbonyl (C=O) groups is 1. The van der Waals surface area contributed by atoms with E-state index in [4.69, 9.17) is 0 Å². The molecule has 6 nitrogen and oxygen atoms in total. The van der Waals surface area contributed by atoms with Crippen molar-refractivity contribution in [2.75, 3.05) is 5.32 Å². The monoisotopic (exact) mass is 383 g/mol. The fourth-order valence-electron chi connectivity index (χ4n) is 2.93. The predicted molar refractivity (Wildman–Crippen MR) is 107 cm³/mol. The maximum atomic E-state index is 13.3. The van der Waals surface area contributed by atoms with Crippen molar-refractivity contribution in [1.82, 2.24) is 19.6 Å². The number of rotatable bonds is 5. The van der Waals surface area contributed by atoms with E-state index in [0.29, 0.717) is 24.5 Å². The molecule has 3 rings (SSSR count). The minimum Gasteiger partial charge on any atom is -0.311 e. The molecule has 0 unspecified atom stereocenters. The second-order valence-corrected chi connectivity index (χ2v) is 8.00. The predicted octanol–water partition coefficient (Wildman–Crippen LogP) is 4.15. The van der Waals surface area contributed by atoms with Crippen LogP contribution < -0.4 is 5.32 Å². The first-order chi connectivity index (χ1) is 13.1. The van der Waals surface area contributed by atoms with Gasteiger partial charge in [-0.1, -0.05) is 20.8 Å². The van der Waals surface area contributed by atoms with Gasteiger partial charge in [0.1, 0.15) is 11.6 Å². The van der Waals surface area contributed by atoms with Gasteiger partial charge in [0.05, 0.1) is 17.1 Å². The molecule has 1 N–H and O–H groups in total. The Kier molecular flexibility index (Phi) is 5.36. The number of hydrogen-bond acceptors (Lipinski definition) is 3. The van der Waals surface area contributed by atoms with Crippen molar-refractivity contribution < 1.29 is 9.18 Å². The minimum absolute atomic E-state index is 0.128. The average molecular weight is 383 g/mol. The fourth-order valence-corrected chi connectivity index (χ4v) is 2.93. The molecule has 2 aromatic heterocycles. The standard InChI is InChI=1S/C21H26FN5O/c1-14-12-15(2)26(24-14)11-10-20(28)23-19-13-18(21(3,4)5)25-27(19)17-8-6-16(22)7-9-17/h6-9,12-13H,10-11H2,1-5H3,(H,23,28). The third kappa shape index (κ3) is 4.47. The highest BCUT2D eigenvalue weighted by molar-refractivity contribution is 5.90. The molecule has 148 valence electrons. The average Bonchev–Trinajstić information content (AvgIpc) is 3.16. The number of amides is 1. The van der Waals surface area contributed by atoms with Gasteiger partial charge in [0, 0.05) is 30.1 Å². The first-order valence-electron chi connectivity index (χ1n) is 9.31. The van der Waals surface area contributed by atoms with E-state index in [2.05, 4.69) is 36.3 Å². The molecule has 7 heteroatoms. The first kappa shape index (κ1) is 19.8. The zero-order valence-corrected chi connectivity index (χ0v) is 17.0. The zero-order valence-electron chi connectivity index (χ0n) is 17.0. The number of halogens is 1. The third-order valence-electron chi connectivity index (χ3n) is 4.47. The summed E-state index contributed by atoms with van der Waals surface area (Å²) in [5.41, 5.74) is 3.30. The number of nitrogens with one attached hydrogen (secondary N) is 1. The van der Waals surface area contributed by atoms with Crippen LogP contribution in [0.3, 0.4) is 0 Å². The van der Waals surface area contributed by atoms with Crippen LogP contribution in [0.2, 0.25) is 0 Å². The van der Waals surface area contributed by atoms with Gasteiger partial charge in [-0.15, -0.1) is 0 Å². The molecule has 1 amide bonds. The molecule has 0 aliphatic heterocycles. The Morgan fingerprint density at radius 1 is 1.11 bits per heavy atom. The lowest BCUT2D eigenvalue weighted by Gasteiger charge is -2.14. The van der Waals surface area contributed by atoms with Crippen molar-refractivity contribution >= 4 is 11.7 Å². The summed E-state index contributed by atoms with van der Waals surface area (Å²) in [5.74, 6) is 0.119. The number of nitrogens with zero attached hydrogens (tertiary/aromatic N) is 4. The molecule has 28 heavy (non-hydrogen) atoms. The smallest absolute Gasteiger partial charge is 0.227 e. The molecule has 0 saturated carbocycles. The zero-order chi connectivity index (χ0) is 20.5. The second-order valence-electron chi connectivity index (χ2n) is 8.00. The lowest BCUT2D eigenvalue weighted by atomic mass is 9.92. The summed E-state index contributed by atoms with van der Waals surface area (Å²) >= 11 is 0. The number of hydrogen-bond donors (Lipinski definition) is 1. The molecular weight excluding hydrogens is 357 g/mol. The molecule has 0 bridgehead atoms. The third-order valence-corrected chi connectivity index (χ3v) is 4.47. The van der Waals surface area contributed by atoms with E-state index in [-0.39, 0.29) is 17.1 Å². The van der Waals surface area contributed by atoms with Gasteiger partial charge in [0.2, 0.25) is 5.91 Å². The summed E-state index contributed by atoms with van der Waals surface area (Å²) in [6, 6.07) is 9.88. The fraction of sp³-hybridized carbons (Fsp3) is 0.381. The highest BCUT2D eigenvalue weighted by Gasteiger charge is 2.21. The molecule has 3 aromatic rings. The summed E-state index contributed by atoms with van der Waals surface area (Å²) in [4.78, 5) is 12.5. The summed E-state index contributed by atoms with van der Waals surface area (Å²) in [7, 11) is 0. The van der Waals surface area contributed by atoms with Crippen molar-refractivity contribution in [2.45, 2.75) is 53.0 Å². The number of aromatic nitrogens is 4. The van der Waals surface area contributed by atoms with Crippen molar-refractivity contribution in [1.29, 1.82) is 0 Å². The molecule has 0 atom stereocenters. The van der Waals surface area contributed by atoms with Crippen LogP contribution in [0, 0.1) is 19.7 Å². The number of carbonyl (C=O) groups excluding carboxylic acids is 1. The topological polar surface area (TPSA) is 64.7 Å². The largest absolute Gasteiger partial charge is 0.311 e. The van der Waals surface area contributed by atoms with Crippen molar-refractivity contribution in [3.63, 3.8) is 0 Å². The summed E-state index contributed by atoms with van der Waals surface area (Å²) < 4.78 is 16.8. The highest BCUT2D eigenvalue weighted by Crippen LogP contribution is 2.26. The Balaban J connectivity index is 1.81. The Labute approximate surface area is 164 Å². The molecular formula is C21H26FN5O. The van der Waals surface area contributed by atoms with Gasteiger partial charge in [0.25, 0.3) is 0 Å². The molecule has 0 spiro atoms. The lowest BCUT2D eigenvalue weighted by molar-refractivity contribution is -0.116. The molecule has 0 radical (unpaired) electrons. The van der Waals surface area contributed by atoms with Crippen LogP contribution in [0.1, 0.15) is 44.3 Å². The van der Waals surface area contributed by atoms with Crippen LogP contribution in [-0.2, 0) is 16.8 Å². The SMILES string of the molecule is Cc1cc(C)n(CCC(=O)Nc2cc(C(C)(C)C)nn2-c2ccc(F)cc2)n1. The highest BCUT2D eigenvalue weighted by atomic mass is 19.1. The van der Waals surface area contributed by atoms with E-state index in [9.17, 15) is 9.18 Å². The van der Waals surface area contributed by atoms with Crippen LogP contribution in [0.25, 0.3) is 5.69 Å². The first-order valence-corrected chi connectivity index (χ1v) is 9.31. The van der Waals surface area contributed by atoms with Gasteiger partial charge in [-0.25, -0.2) is 9.07 Å². The Morgan fingerprint density at radius 2 is 1.79 bits per heavy atom. The number of anilines is 1. The molecule has 0 saturated heterocycles. The van der Waals surface area contributed by atoms with Gasteiger partial charge < -0.3 is 5.32 Å². The van der Waals surface area contributed by atoms with Crippen molar-refractivity contribution in [2.24, 2.45) is 0 Å². The number of benzene rings is 1. The van der Waals surface area contributed by atoms with Gasteiger partial charge in [-0.3, -0.25) is 9.48 Å². The van der Waals surface area contributed by atoms with Crippen LogP contribution >= 0.6 is 0 Å². The lowest BCUT2D eigenvalue weighted by Crippen LogP contribution is -2.17. The molecule has 0 aliphatic carbocycles. The van der Waals surface area contributed by atoms with Crippen LogP contribution in [0.5, 0.6) is 0 Å². The number of aryl methyl sites for hydroxylation is 3. The molecule has 0 fully saturated rings. The maximum Gasteiger partial charge on any atom is 0.227 e. The normalized spacial score (nSPS) is 11.6. The van der Waals surface area contributed by atoms with E-state index in [1.54, 1.807) is 16.8 Å². The Morgan fingerprint density at radius 3 is 2.36 bits per heavy atom. The van der Waals surface area contributed by atoms with Crippen LogP contribution in [-0.4, -0.2) is 25.5 Å². The van der Waals surface area contributed by atoms with Gasteiger partial charge in [-0.05, 0) is 44.2 Å². The quantitative estimate of drug-likeness (QED) is 0.720. The van der Waals surface area contributed by atoms with Crippen LogP contribution in [0.4, 0.5) is 10.2 Å². The maximum absolute atomic E-state index is 13.3. The summed E-state index contributed by atoms with van der Waals surface area (Å²) in [6.45, 7) is 10.6. The summed E-state index contributed by atoms with van der Waals surface area (Å²) in [6.07, 6.45) is 0.293. The molecule has 2 heterocycles. The van der Waals surface area contributed by atoms with E-state index in [0.717, 1.165) is 17.1 Å². The van der Waals surface area contributed by atoms with E-state index in [1.165, 1.54) is 12.1 Å². The van der Waals surface area contributed by atoms with Gasteiger partial charge >= 0.3 is 0 Å². The van der Waals surface area contributed by atoms with Gasteiger partial charge in [-0.2, -0.15) is 10.2 Å². The summed E-state index contributed by atoms with van der Waals surface area (Å²) in [5, 5.41) is 12.0.